The van der Waals surface area contributed by atoms with Crippen molar-refractivity contribution in [1.82, 2.24) is 15.5 Å². The van der Waals surface area contributed by atoms with Gasteiger partial charge in [-0.05, 0) is 45.4 Å². The Morgan fingerprint density at radius 1 is 1.29 bits per heavy atom. The van der Waals surface area contributed by atoms with Crippen molar-refractivity contribution in [3.63, 3.8) is 0 Å². The maximum atomic E-state index is 11.6. The van der Waals surface area contributed by atoms with Crippen LogP contribution in [0.3, 0.4) is 0 Å². The Bertz CT molecular complexity index is 408. The minimum atomic E-state index is -0.464. The van der Waals surface area contributed by atoms with Crippen LogP contribution in [-0.4, -0.2) is 55.8 Å². The van der Waals surface area contributed by atoms with E-state index in [-0.39, 0.29) is 30.1 Å². The molecule has 0 aliphatic carbocycles. The predicted octanol–water partition coefficient (Wildman–Crippen LogP) is 3.07. The fourth-order valence-corrected chi connectivity index (χ4v) is 2.87. The summed E-state index contributed by atoms with van der Waals surface area (Å²) in [6.07, 6.45) is 2.12. The van der Waals surface area contributed by atoms with Crippen LogP contribution in [0.2, 0.25) is 0 Å². The van der Waals surface area contributed by atoms with E-state index in [0.717, 1.165) is 30.9 Å². The van der Waals surface area contributed by atoms with Crippen molar-refractivity contribution in [3.8, 4) is 0 Å². The Morgan fingerprint density at radius 2 is 1.92 bits per heavy atom. The zero-order chi connectivity index (χ0) is 17.5. The summed E-state index contributed by atoms with van der Waals surface area (Å²) >= 11 is 0. The second kappa shape index (κ2) is 11.0. The number of aliphatic imine (C=N–C) groups is 1. The van der Waals surface area contributed by atoms with Gasteiger partial charge < -0.3 is 20.3 Å². The summed E-state index contributed by atoms with van der Waals surface area (Å²) < 4.78 is 5.20. The van der Waals surface area contributed by atoms with Crippen LogP contribution in [0.4, 0.5) is 4.79 Å². The van der Waals surface area contributed by atoms with E-state index in [1.807, 2.05) is 20.8 Å². The molecule has 6 nitrogen and oxygen atoms in total. The molecule has 0 saturated carbocycles. The molecule has 0 spiro atoms. The van der Waals surface area contributed by atoms with Gasteiger partial charge in [-0.25, -0.2) is 4.79 Å². The lowest BCUT2D eigenvalue weighted by Gasteiger charge is -2.23. The number of carbonyl (C=O) groups excluding carboxylic acids is 1. The Balaban J connectivity index is 0.00000529. The first-order valence-corrected chi connectivity index (χ1v) is 8.63. The van der Waals surface area contributed by atoms with Crippen LogP contribution in [0.25, 0.3) is 0 Å². The molecule has 1 atom stereocenters. The molecule has 1 fully saturated rings. The quantitative estimate of drug-likeness (QED) is 0.290. The molecule has 0 radical (unpaired) electrons. The molecule has 1 saturated heterocycles. The number of hydrogen-bond acceptors (Lipinski definition) is 3. The molecule has 24 heavy (non-hydrogen) atoms. The van der Waals surface area contributed by atoms with E-state index < -0.39 is 5.60 Å². The summed E-state index contributed by atoms with van der Waals surface area (Å²) in [5.74, 6) is 2.42. The average Bonchev–Trinajstić information content (AvgIpc) is 2.84. The summed E-state index contributed by atoms with van der Waals surface area (Å²) in [5, 5.41) is 6.06. The molecule has 1 amide bonds. The number of likely N-dealkylation sites (tertiary alicyclic amines) is 1. The topological polar surface area (TPSA) is 66.0 Å². The number of alkyl carbamates (subject to hydrolysis) is 1. The third-order valence-corrected chi connectivity index (χ3v) is 3.68. The predicted molar refractivity (Wildman–Crippen MR) is 110 cm³/mol. The van der Waals surface area contributed by atoms with Gasteiger partial charge in [-0.3, -0.25) is 4.99 Å². The summed E-state index contributed by atoms with van der Waals surface area (Å²) in [5.41, 5.74) is -0.464. The molecule has 1 aliphatic rings. The Hall–Kier alpha value is -0.730. The maximum absolute atomic E-state index is 11.6. The number of hydrogen-bond donors (Lipinski definition) is 2. The summed E-state index contributed by atoms with van der Waals surface area (Å²) in [7, 11) is 1.80. The molecule has 0 aromatic carbocycles. The zero-order valence-corrected chi connectivity index (χ0v) is 18.3. The zero-order valence-electron chi connectivity index (χ0n) is 16.0. The van der Waals surface area contributed by atoms with Gasteiger partial charge in [-0.15, -0.1) is 24.0 Å². The first kappa shape index (κ1) is 23.3. The van der Waals surface area contributed by atoms with Crippen molar-refractivity contribution in [2.24, 2.45) is 16.8 Å². The minimum absolute atomic E-state index is 0. The molecule has 0 aromatic rings. The summed E-state index contributed by atoms with van der Waals surface area (Å²) in [4.78, 5) is 18.2. The SMILES string of the molecule is CN=C(NCCNC(=O)OC(C)(C)C)N1CCC(CC(C)C)C1.I. The highest BCUT2D eigenvalue weighted by Gasteiger charge is 2.25. The van der Waals surface area contributed by atoms with Gasteiger partial charge in [0.15, 0.2) is 5.96 Å². The van der Waals surface area contributed by atoms with Gasteiger partial charge in [0.05, 0.1) is 0 Å². The molecule has 2 N–H and O–H groups in total. The van der Waals surface area contributed by atoms with Crippen molar-refractivity contribution in [3.05, 3.63) is 0 Å². The van der Waals surface area contributed by atoms with Crippen LogP contribution in [-0.2, 0) is 4.74 Å². The Kier molecular flexibility index (Phi) is 10.7. The molecular weight excluding hydrogens is 419 g/mol. The van der Waals surface area contributed by atoms with E-state index in [1.54, 1.807) is 7.05 Å². The summed E-state index contributed by atoms with van der Waals surface area (Å²) in [6, 6.07) is 0. The van der Waals surface area contributed by atoms with Gasteiger partial charge in [0.1, 0.15) is 5.60 Å². The van der Waals surface area contributed by atoms with E-state index >= 15 is 0 Å². The highest BCUT2D eigenvalue weighted by atomic mass is 127. The van der Waals surface area contributed by atoms with E-state index in [0.29, 0.717) is 13.1 Å². The van der Waals surface area contributed by atoms with Crippen LogP contribution in [0.5, 0.6) is 0 Å². The molecule has 0 aromatic heterocycles. The van der Waals surface area contributed by atoms with Crippen molar-refractivity contribution in [2.45, 2.75) is 53.1 Å². The molecule has 1 unspecified atom stereocenters. The van der Waals surface area contributed by atoms with Crippen LogP contribution in [0, 0.1) is 11.8 Å². The van der Waals surface area contributed by atoms with Crippen LogP contribution >= 0.6 is 24.0 Å². The van der Waals surface area contributed by atoms with Gasteiger partial charge in [0.25, 0.3) is 0 Å². The number of ether oxygens (including phenoxy) is 1. The number of carbonyl (C=O) groups is 1. The van der Waals surface area contributed by atoms with Crippen molar-refractivity contribution in [2.75, 3.05) is 33.2 Å². The number of rotatable bonds is 5. The molecule has 7 heteroatoms. The molecule has 1 aliphatic heterocycles. The second-order valence-electron chi connectivity index (χ2n) is 7.63. The number of amides is 1. The third kappa shape index (κ3) is 9.54. The lowest BCUT2D eigenvalue weighted by atomic mass is 9.97. The smallest absolute Gasteiger partial charge is 0.407 e. The fraction of sp³-hybridized carbons (Fsp3) is 0.882. The maximum Gasteiger partial charge on any atom is 0.407 e. The van der Waals surface area contributed by atoms with E-state index in [9.17, 15) is 4.79 Å². The van der Waals surface area contributed by atoms with E-state index in [2.05, 4.69) is 34.4 Å². The highest BCUT2D eigenvalue weighted by molar-refractivity contribution is 14.0. The Morgan fingerprint density at radius 3 is 2.46 bits per heavy atom. The first-order chi connectivity index (χ1) is 10.7. The second-order valence-corrected chi connectivity index (χ2v) is 7.63. The average molecular weight is 454 g/mol. The number of nitrogens with zero attached hydrogens (tertiary/aromatic N) is 2. The van der Waals surface area contributed by atoms with Crippen molar-refractivity contribution < 1.29 is 9.53 Å². The largest absolute Gasteiger partial charge is 0.444 e. The molecule has 0 bridgehead atoms. The van der Waals surface area contributed by atoms with Crippen molar-refractivity contribution >= 4 is 36.0 Å². The van der Waals surface area contributed by atoms with Gasteiger partial charge in [0, 0.05) is 33.2 Å². The van der Waals surface area contributed by atoms with Gasteiger partial charge in [-0.2, -0.15) is 0 Å². The number of halogens is 1. The number of guanidine groups is 1. The third-order valence-electron chi connectivity index (χ3n) is 3.68. The first-order valence-electron chi connectivity index (χ1n) is 8.63. The monoisotopic (exact) mass is 454 g/mol. The number of nitrogens with one attached hydrogen (secondary N) is 2. The van der Waals surface area contributed by atoms with Gasteiger partial charge in [-0.1, -0.05) is 13.8 Å². The minimum Gasteiger partial charge on any atom is -0.444 e. The molecule has 142 valence electrons. The molecule has 1 rings (SSSR count). The van der Waals surface area contributed by atoms with Crippen LogP contribution in [0.1, 0.15) is 47.5 Å². The van der Waals surface area contributed by atoms with E-state index in [4.69, 9.17) is 4.74 Å². The lowest BCUT2D eigenvalue weighted by molar-refractivity contribution is 0.0529. The normalized spacial score (nSPS) is 18.4. The molecule has 1 heterocycles. The fourth-order valence-electron chi connectivity index (χ4n) is 2.87. The van der Waals surface area contributed by atoms with E-state index in [1.165, 1.54) is 12.8 Å². The lowest BCUT2D eigenvalue weighted by Crippen LogP contribution is -2.44. The van der Waals surface area contributed by atoms with Gasteiger partial charge in [0.2, 0.25) is 0 Å². The van der Waals surface area contributed by atoms with Crippen LogP contribution < -0.4 is 10.6 Å². The standard InChI is InChI=1S/C17H34N4O2.HI/c1-13(2)11-14-7-10-21(12-14)15(18-6)19-8-9-20-16(22)23-17(3,4)5;/h13-14H,7-12H2,1-6H3,(H,18,19)(H,20,22);1H. The molecular formula is C17H35IN4O2. The van der Waals surface area contributed by atoms with Gasteiger partial charge >= 0.3 is 6.09 Å². The summed E-state index contributed by atoms with van der Waals surface area (Å²) in [6.45, 7) is 13.4. The van der Waals surface area contributed by atoms with Crippen LogP contribution in [0.15, 0.2) is 4.99 Å². The van der Waals surface area contributed by atoms with Crippen molar-refractivity contribution in [1.29, 1.82) is 0 Å². The Labute approximate surface area is 164 Å². The highest BCUT2D eigenvalue weighted by Crippen LogP contribution is 2.23.